The number of anilines is 1. The number of sulfonamides is 1. The number of carbonyl (C=O) groups excluding carboxylic acids is 2. The van der Waals surface area contributed by atoms with Gasteiger partial charge >= 0.3 is 0 Å². The Morgan fingerprint density at radius 2 is 1.80 bits per heavy atom. The summed E-state index contributed by atoms with van der Waals surface area (Å²) >= 11 is 0. The summed E-state index contributed by atoms with van der Waals surface area (Å²) in [5.41, 5.74) is 0.502. The fraction of sp³-hybridized carbons (Fsp3) is 0.619. The molecule has 0 bridgehead atoms. The predicted octanol–water partition coefficient (Wildman–Crippen LogP) is 1.74. The number of rotatable bonds is 7. The van der Waals surface area contributed by atoms with E-state index in [1.165, 1.54) is 10.4 Å². The smallest absolute Gasteiger partial charge is 0.243 e. The lowest BCUT2D eigenvalue weighted by atomic mass is 10.0. The summed E-state index contributed by atoms with van der Waals surface area (Å²) in [6.45, 7) is 5.06. The summed E-state index contributed by atoms with van der Waals surface area (Å²) in [6, 6.07) is 6.76. The molecule has 2 amide bonds. The molecule has 0 aromatic heterocycles. The third kappa shape index (κ3) is 5.59. The molecule has 0 saturated carbocycles. The minimum absolute atomic E-state index is 0.0850. The Morgan fingerprint density at radius 3 is 2.43 bits per heavy atom. The van der Waals surface area contributed by atoms with E-state index in [0.717, 1.165) is 38.8 Å². The summed E-state index contributed by atoms with van der Waals surface area (Å²) in [7, 11) is -1.66. The standard InChI is InChI=1S/C21H32N4O4S/c1-17(26)23(2)19-8-13-24(14-9-19)15-10-21(27)22-18-6-5-7-20(16-18)30(28,29)25-11-3-4-12-25/h5-7,16,19H,3-4,8-15H2,1-2H3,(H,22,27). The highest BCUT2D eigenvalue weighted by molar-refractivity contribution is 7.89. The first-order valence-electron chi connectivity index (χ1n) is 10.6. The largest absolute Gasteiger partial charge is 0.343 e. The molecule has 30 heavy (non-hydrogen) atoms. The van der Waals surface area contributed by atoms with Crippen LogP contribution in [-0.2, 0) is 19.6 Å². The van der Waals surface area contributed by atoms with Gasteiger partial charge in [0.05, 0.1) is 4.90 Å². The van der Waals surface area contributed by atoms with Crippen molar-refractivity contribution in [1.82, 2.24) is 14.1 Å². The van der Waals surface area contributed by atoms with Gasteiger partial charge in [-0.15, -0.1) is 0 Å². The molecular formula is C21H32N4O4S. The Hall–Kier alpha value is -1.97. The lowest BCUT2D eigenvalue weighted by Crippen LogP contribution is -2.45. The molecule has 2 aliphatic rings. The van der Waals surface area contributed by atoms with E-state index in [-0.39, 0.29) is 22.8 Å². The second-order valence-corrected chi connectivity index (χ2v) is 10.1. The third-order valence-electron chi connectivity index (χ3n) is 6.08. The molecule has 1 aromatic carbocycles. The second-order valence-electron chi connectivity index (χ2n) is 8.14. The molecule has 2 aliphatic heterocycles. The quantitative estimate of drug-likeness (QED) is 0.703. The maximum Gasteiger partial charge on any atom is 0.243 e. The molecule has 1 N–H and O–H groups in total. The normalized spacial score (nSPS) is 19.0. The van der Waals surface area contributed by atoms with Gasteiger partial charge in [-0.2, -0.15) is 4.31 Å². The minimum atomic E-state index is -3.50. The molecule has 9 heteroatoms. The highest BCUT2D eigenvalue weighted by Crippen LogP contribution is 2.23. The predicted molar refractivity (Wildman–Crippen MR) is 116 cm³/mol. The van der Waals surface area contributed by atoms with Crippen LogP contribution in [0.15, 0.2) is 29.2 Å². The zero-order valence-corrected chi connectivity index (χ0v) is 18.7. The number of amides is 2. The SMILES string of the molecule is CC(=O)N(C)C1CCN(CCC(=O)Nc2cccc(S(=O)(=O)N3CCCC3)c2)CC1. The van der Waals surface area contributed by atoms with E-state index in [4.69, 9.17) is 0 Å². The number of nitrogens with one attached hydrogen (secondary N) is 1. The Bertz CT molecular complexity index is 860. The Kier molecular flexibility index (Phi) is 7.49. The average Bonchev–Trinajstić information content (AvgIpc) is 3.28. The monoisotopic (exact) mass is 436 g/mol. The van der Waals surface area contributed by atoms with Crippen LogP contribution in [0.2, 0.25) is 0 Å². The van der Waals surface area contributed by atoms with Gasteiger partial charge in [0.25, 0.3) is 0 Å². The molecule has 8 nitrogen and oxygen atoms in total. The zero-order valence-electron chi connectivity index (χ0n) is 17.8. The van der Waals surface area contributed by atoms with Gasteiger partial charge in [-0.25, -0.2) is 8.42 Å². The van der Waals surface area contributed by atoms with Gasteiger partial charge in [-0.1, -0.05) is 6.07 Å². The molecule has 0 spiro atoms. The maximum atomic E-state index is 12.7. The molecule has 3 rings (SSSR count). The molecule has 2 saturated heterocycles. The lowest BCUT2D eigenvalue weighted by Gasteiger charge is -2.36. The number of carbonyl (C=O) groups is 2. The number of hydrogen-bond acceptors (Lipinski definition) is 5. The van der Waals surface area contributed by atoms with E-state index in [0.29, 0.717) is 31.7 Å². The van der Waals surface area contributed by atoms with Gasteiger partial charge in [0.2, 0.25) is 21.8 Å². The summed E-state index contributed by atoms with van der Waals surface area (Å²) in [5.74, 6) is -0.0458. The van der Waals surface area contributed by atoms with Crippen LogP contribution in [-0.4, -0.2) is 80.2 Å². The molecule has 2 heterocycles. The number of benzene rings is 1. The Morgan fingerprint density at radius 1 is 1.13 bits per heavy atom. The highest BCUT2D eigenvalue weighted by atomic mass is 32.2. The number of piperidine rings is 1. The average molecular weight is 437 g/mol. The van der Waals surface area contributed by atoms with E-state index in [1.807, 2.05) is 7.05 Å². The van der Waals surface area contributed by atoms with E-state index in [2.05, 4.69) is 10.2 Å². The van der Waals surface area contributed by atoms with Crippen molar-refractivity contribution in [3.63, 3.8) is 0 Å². The van der Waals surface area contributed by atoms with Gasteiger partial charge in [0.15, 0.2) is 0 Å². The number of likely N-dealkylation sites (tertiary alicyclic amines) is 1. The molecule has 2 fully saturated rings. The fourth-order valence-corrected chi connectivity index (χ4v) is 5.65. The molecule has 0 unspecified atom stereocenters. The van der Waals surface area contributed by atoms with Crippen LogP contribution < -0.4 is 5.32 Å². The van der Waals surface area contributed by atoms with E-state index >= 15 is 0 Å². The van der Waals surface area contributed by atoms with Gasteiger partial charge in [0.1, 0.15) is 0 Å². The van der Waals surface area contributed by atoms with Crippen molar-refractivity contribution in [2.45, 2.75) is 50.0 Å². The van der Waals surface area contributed by atoms with Crippen LogP contribution in [0.25, 0.3) is 0 Å². The van der Waals surface area contributed by atoms with E-state index in [1.54, 1.807) is 30.0 Å². The molecular weight excluding hydrogens is 404 g/mol. The van der Waals surface area contributed by atoms with Gasteiger partial charge in [-0.3, -0.25) is 9.59 Å². The number of nitrogens with zero attached hydrogens (tertiary/aromatic N) is 3. The minimum Gasteiger partial charge on any atom is -0.343 e. The second kappa shape index (κ2) is 9.89. The zero-order chi connectivity index (χ0) is 21.7. The fourth-order valence-electron chi connectivity index (χ4n) is 4.08. The third-order valence-corrected chi connectivity index (χ3v) is 7.97. The van der Waals surface area contributed by atoms with Crippen molar-refractivity contribution in [2.24, 2.45) is 0 Å². The molecule has 166 valence electrons. The summed E-state index contributed by atoms with van der Waals surface area (Å²) in [6.07, 6.45) is 3.94. The van der Waals surface area contributed by atoms with Crippen molar-refractivity contribution in [3.8, 4) is 0 Å². The molecule has 1 aromatic rings. The molecule has 0 radical (unpaired) electrons. The number of hydrogen-bond donors (Lipinski definition) is 1. The van der Waals surface area contributed by atoms with Crippen LogP contribution in [0.4, 0.5) is 5.69 Å². The molecule has 0 atom stereocenters. The van der Waals surface area contributed by atoms with E-state index in [9.17, 15) is 18.0 Å². The maximum absolute atomic E-state index is 12.7. The van der Waals surface area contributed by atoms with Crippen molar-refractivity contribution >= 4 is 27.5 Å². The Labute approximate surface area is 179 Å². The summed E-state index contributed by atoms with van der Waals surface area (Å²) in [5, 5.41) is 2.83. The van der Waals surface area contributed by atoms with Crippen molar-refractivity contribution in [1.29, 1.82) is 0 Å². The van der Waals surface area contributed by atoms with Crippen molar-refractivity contribution in [3.05, 3.63) is 24.3 Å². The van der Waals surface area contributed by atoms with E-state index < -0.39 is 10.0 Å². The topological polar surface area (TPSA) is 90.0 Å². The van der Waals surface area contributed by atoms with Gasteiger partial charge in [0, 0.05) is 64.8 Å². The van der Waals surface area contributed by atoms with Gasteiger partial charge in [-0.05, 0) is 43.9 Å². The van der Waals surface area contributed by atoms with Crippen LogP contribution in [0, 0.1) is 0 Å². The summed E-state index contributed by atoms with van der Waals surface area (Å²) < 4.78 is 26.9. The van der Waals surface area contributed by atoms with Gasteiger partial charge < -0.3 is 15.1 Å². The first-order valence-corrected chi connectivity index (χ1v) is 12.1. The molecule has 0 aliphatic carbocycles. The van der Waals surface area contributed by atoms with Crippen molar-refractivity contribution in [2.75, 3.05) is 45.1 Å². The highest BCUT2D eigenvalue weighted by Gasteiger charge is 2.27. The first-order chi connectivity index (χ1) is 14.3. The van der Waals surface area contributed by atoms with Crippen LogP contribution in [0.1, 0.15) is 39.0 Å². The van der Waals surface area contributed by atoms with Crippen LogP contribution in [0.5, 0.6) is 0 Å². The van der Waals surface area contributed by atoms with Crippen LogP contribution in [0.3, 0.4) is 0 Å². The van der Waals surface area contributed by atoms with Crippen molar-refractivity contribution < 1.29 is 18.0 Å². The Balaban J connectivity index is 1.48. The van der Waals surface area contributed by atoms with Crippen LogP contribution >= 0.6 is 0 Å². The first kappa shape index (κ1) is 22.7. The lowest BCUT2D eigenvalue weighted by molar-refractivity contribution is -0.130. The summed E-state index contributed by atoms with van der Waals surface area (Å²) in [4.78, 5) is 28.1.